The fourth-order valence-corrected chi connectivity index (χ4v) is 2.95. The molecule has 0 aliphatic heterocycles. The summed E-state index contributed by atoms with van der Waals surface area (Å²) in [6, 6.07) is -0.406. The Bertz CT molecular complexity index is 321. The Hall–Kier alpha value is -0.450. The molecule has 2 atom stereocenters. The van der Waals surface area contributed by atoms with Gasteiger partial charge in [0.2, 0.25) is 0 Å². The lowest BCUT2D eigenvalue weighted by molar-refractivity contribution is 0.134. The second-order valence-corrected chi connectivity index (χ2v) is 7.34. The van der Waals surface area contributed by atoms with Crippen LogP contribution in [0.5, 0.6) is 0 Å². The summed E-state index contributed by atoms with van der Waals surface area (Å²) in [5.41, 5.74) is 0. The first-order valence-electron chi connectivity index (χ1n) is 9.84. The Morgan fingerprint density at radius 2 is 1.46 bits per heavy atom. The molecule has 142 valence electrons. The molecule has 0 aromatic heterocycles. The van der Waals surface area contributed by atoms with Crippen molar-refractivity contribution in [2.75, 3.05) is 6.61 Å². The number of hydrogen-bond donors (Lipinski definition) is 3. The third kappa shape index (κ3) is 15.1. The van der Waals surface area contributed by atoms with Crippen LogP contribution in [-0.4, -0.2) is 34.0 Å². The van der Waals surface area contributed by atoms with Crippen LogP contribution in [0.1, 0.15) is 90.9 Å². The molecule has 0 aromatic carbocycles. The van der Waals surface area contributed by atoms with E-state index < -0.39 is 12.1 Å². The number of hydrogen-bond acceptors (Lipinski definition) is 3. The smallest absolute Gasteiger partial charge is 0.0944 e. The van der Waals surface area contributed by atoms with Crippen LogP contribution in [-0.2, 0) is 0 Å². The molecule has 2 unspecified atom stereocenters. The predicted molar refractivity (Wildman–Crippen MR) is 109 cm³/mol. The SMILES string of the molecule is CCCCCCCCCCCCCC=CC(O)C(CO)NC(C)=S. The minimum Gasteiger partial charge on any atom is -0.394 e. The van der Waals surface area contributed by atoms with Gasteiger partial charge in [-0.3, -0.25) is 0 Å². The van der Waals surface area contributed by atoms with Crippen LogP contribution in [0.15, 0.2) is 12.2 Å². The van der Waals surface area contributed by atoms with E-state index in [1.807, 2.05) is 6.08 Å². The van der Waals surface area contributed by atoms with E-state index in [4.69, 9.17) is 12.2 Å². The lowest BCUT2D eigenvalue weighted by atomic mass is 10.0. The molecule has 0 spiro atoms. The highest BCUT2D eigenvalue weighted by Crippen LogP contribution is 2.12. The Labute approximate surface area is 154 Å². The molecule has 3 nitrogen and oxygen atoms in total. The van der Waals surface area contributed by atoms with E-state index in [2.05, 4.69) is 12.2 Å². The third-order valence-electron chi connectivity index (χ3n) is 4.31. The molecule has 0 fully saturated rings. The summed E-state index contributed by atoms with van der Waals surface area (Å²) in [5.74, 6) is 0. The predicted octanol–water partition coefficient (Wildman–Crippen LogP) is 4.90. The zero-order chi connectivity index (χ0) is 18.0. The summed E-state index contributed by atoms with van der Waals surface area (Å²) in [6.07, 6.45) is 18.9. The van der Waals surface area contributed by atoms with E-state index in [9.17, 15) is 10.2 Å². The van der Waals surface area contributed by atoms with Gasteiger partial charge in [-0.05, 0) is 19.8 Å². The van der Waals surface area contributed by atoms with Crippen molar-refractivity contribution in [3.05, 3.63) is 12.2 Å². The second-order valence-electron chi connectivity index (χ2n) is 6.73. The molecule has 0 radical (unpaired) electrons. The number of thiocarbonyl (C=S) groups is 1. The van der Waals surface area contributed by atoms with Crippen molar-refractivity contribution in [2.24, 2.45) is 0 Å². The molecule has 0 bridgehead atoms. The Balaban J connectivity index is 3.47. The van der Waals surface area contributed by atoms with Crippen LogP contribution >= 0.6 is 12.2 Å². The van der Waals surface area contributed by atoms with Gasteiger partial charge in [-0.1, -0.05) is 95.5 Å². The molecule has 0 rings (SSSR count). The van der Waals surface area contributed by atoms with Gasteiger partial charge in [-0.2, -0.15) is 0 Å². The van der Waals surface area contributed by atoms with Crippen LogP contribution in [0.2, 0.25) is 0 Å². The first-order valence-corrected chi connectivity index (χ1v) is 10.2. The fraction of sp³-hybridized carbons (Fsp3) is 0.850. The van der Waals surface area contributed by atoms with Crippen molar-refractivity contribution in [1.29, 1.82) is 0 Å². The van der Waals surface area contributed by atoms with Crippen LogP contribution in [0.25, 0.3) is 0 Å². The minimum atomic E-state index is -0.694. The molecule has 0 aromatic rings. The Morgan fingerprint density at radius 1 is 0.958 bits per heavy atom. The van der Waals surface area contributed by atoms with E-state index in [1.54, 1.807) is 13.0 Å². The molecule has 0 amide bonds. The molecular weight excluding hydrogens is 318 g/mol. The highest BCUT2D eigenvalue weighted by molar-refractivity contribution is 7.80. The van der Waals surface area contributed by atoms with E-state index in [0.29, 0.717) is 4.99 Å². The van der Waals surface area contributed by atoms with E-state index in [0.717, 1.165) is 6.42 Å². The largest absolute Gasteiger partial charge is 0.394 e. The fourth-order valence-electron chi connectivity index (χ4n) is 2.80. The lowest BCUT2D eigenvalue weighted by Gasteiger charge is -2.19. The number of nitrogens with one attached hydrogen (secondary N) is 1. The van der Waals surface area contributed by atoms with Gasteiger partial charge >= 0.3 is 0 Å². The number of unbranched alkanes of at least 4 members (excludes halogenated alkanes) is 11. The van der Waals surface area contributed by atoms with Gasteiger partial charge in [-0.25, -0.2) is 0 Å². The highest BCUT2D eigenvalue weighted by atomic mass is 32.1. The van der Waals surface area contributed by atoms with Crippen molar-refractivity contribution < 1.29 is 10.2 Å². The number of allylic oxidation sites excluding steroid dienone is 1. The number of aliphatic hydroxyl groups excluding tert-OH is 2. The molecule has 0 aliphatic carbocycles. The maximum atomic E-state index is 9.97. The summed E-state index contributed by atoms with van der Waals surface area (Å²) in [6.45, 7) is 3.88. The van der Waals surface area contributed by atoms with Crippen molar-refractivity contribution in [1.82, 2.24) is 5.32 Å². The maximum absolute atomic E-state index is 9.97. The molecule has 0 aliphatic rings. The monoisotopic (exact) mass is 357 g/mol. The van der Waals surface area contributed by atoms with E-state index in [-0.39, 0.29) is 6.61 Å². The third-order valence-corrected chi connectivity index (χ3v) is 4.42. The maximum Gasteiger partial charge on any atom is 0.0944 e. The normalized spacial score (nSPS) is 14.0. The van der Waals surface area contributed by atoms with Gasteiger partial charge in [-0.15, -0.1) is 0 Å². The lowest BCUT2D eigenvalue weighted by Crippen LogP contribution is -2.43. The zero-order valence-electron chi connectivity index (χ0n) is 15.8. The Kier molecular flexibility index (Phi) is 17.0. The molecule has 0 heterocycles. The van der Waals surface area contributed by atoms with Gasteiger partial charge in [0.15, 0.2) is 0 Å². The molecule has 3 N–H and O–H groups in total. The van der Waals surface area contributed by atoms with Gasteiger partial charge in [0.1, 0.15) is 0 Å². The number of aliphatic hydroxyl groups is 2. The van der Waals surface area contributed by atoms with Gasteiger partial charge in [0, 0.05) is 0 Å². The summed E-state index contributed by atoms with van der Waals surface area (Å²) < 4.78 is 0. The van der Waals surface area contributed by atoms with Gasteiger partial charge in [0.25, 0.3) is 0 Å². The van der Waals surface area contributed by atoms with Crippen molar-refractivity contribution in [3.63, 3.8) is 0 Å². The minimum absolute atomic E-state index is 0.127. The summed E-state index contributed by atoms with van der Waals surface area (Å²) in [5, 5.41) is 22.1. The highest BCUT2D eigenvalue weighted by Gasteiger charge is 2.14. The van der Waals surface area contributed by atoms with Crippen LogP contribution in [0.3, 0.4) is 0 Å². The molecular formula is C20H39NO2S. The van der Waals surface area contributed by atoms with E-state index >= 15 is 0 Å². The molecule has 0 saturated carbocycles. The first kappa shape index (κ1) is 23.5. The number of rotatable bonds is 16. The van der Waals surface area contributed by atoms with Crippen molar-refractivity contribution in [2.45, 2.75) is 103 Å². The van der Waals surface area contributed by atoms with Crippen molar-refractivity contribution in [3.8, 4) is 0 Å². The average Bonchev–Trinajstić information content (AvgIpc) is 2.56. The zero-order valence-corrected chi connectivity index (χ0v) is 16.6. The van der Waals surface area contributed by atoms with Crippen molar-refractivity contribution >= 4 is 17.2 Å². The standard InChI is InChI=1S/C20H39NO2S/c1-3-4-5-6-7-8-9-10-11-12-13-14-15-16-20(23)19(17-22)21-18(2)24/h15-16,19-20,22-23H,3-14,17H2,1-2H3,(H,21,24). The van der Waals surface area contributed by atoms with Gasteiger partial charge < -0.3 is 15.5 Å². The van der Waals surface area contributed by atoms with Crippen LogP contribution < -0.4 is 5.32 Å². The van der Waals surface area contributed by atoms with Gasteiger partial charge in [0.05, 0.1) is 23.7 Å². The summed E-state index contributed by atoms with van der Waals surface area (Å²) in [4.78, 5) is 0.590. The van der Waals surface area contributed by atoms with E-state index in [1.165, 1.54) is 70.6 Å². The topological polar surface area (TPSA) is 52.5 Å². The Morgan fingerprint density at radius 3 is 1.92 bits per heavy atom. The summed E-state index contributed by atoms with van der Waals surface area (Å²) >= 11 is 4.94. The first-order chi connectivity index (χ1) is 11.6. The van der Waals surface area contributed by atoms with Crippen LogP contribution in [0.4, 0.5) is 0 Å². The summed E-state index contributed by atoms with van der Waals surface area (Å²) in [7, 11) is 0. The molecule has 0 saturated heterocycles. The van der Waals surface area contributed by atoms with Crippen LogP contribution in [0, 0.1) is 0 Å². The average molecular weight is 358 g/mol. The quantitative estimate of drug-likeness (QED) is 0.209. The molecule has 4 heteroatoms. The second kappa shape index (κ2) is 17.4. The molecule has 24 heavy (non-hydrogen) atoms.